The van der Waals surface area contributed by atoms with E-state index in [0.717, 1.165) is 22.9 Å². The number of rotatable bonds is 13. The van der Waals surface area contributed by atoms with Crippen LogP contribution in [0.15, 0.2) is 30.5 Å². The molecule has 1 saturated heterocycles. The molecule has 2 heterocycles. The maximum absolute atomic E-state index is 13.4. The van der Waals surface area contributed by atoms with E-state index < -0.39 is 72.5 Å². The van der Waals surface area contributed by atoms with Crippen LogP contribution < -0.4 is 32.7 Å². The summed E-state index contributed by atoms with van der Waals surface area (Å²) in [5.74, 6) is -5.69. The van der Waals surface area contributed by atoms with Crippen LogP contribution in [0.1, 0.15) is 31.2 Å². The predicted octanol–water partition coefficient (Wildman–Crippen LogP) is -2.25. The third-order valence-corrected chi connectivity index (χ3v) is 6.17. The summed E-state index contributed by atoms with van der Waals surface area (Å²) in [6.45, 7) is 0.661. The van der Waals surface area contributed by atoms with Crippen LogP contribution >= 0.6 is 0 Å². The lowest BCUT2D eigenvalue weighted by Crippen LogP contribution is -2.58. The van der Waals surface area contributed by atoms with Gasteiger partial charge in [-0.2, -0.15) is 0 Å². The number of hydrogen-bond donors (Lipinski definition) is 8. The molecule has 14 heteroatoms. The number of hydrogen-bond acceptors (Lipinski definition) is 7. The highest BCUT2D eigenvalue weighted by Crippen LogP contribution is 2.19. The monoisotopic (exact) mass is 529 g/mol. The number of carboxylic acid groups (broad SMARTS) is 1. The molecule has 3 rings (SSSR count). The van der Waals surface area contributed by atoms with Gasteiger partial charge in [-0.3, -0.25) is 24.0 Å². The van der Waals surface area contributed by atoms with Gasteiger partial charge < -0.3 is 42.8 Å². The molecule has 2 aromatic rings. The number of carbonyl (C=O) groups excluding carboxylic acids is 5. The highest BCUT2D eigenvalue weighted by molar-refractivity contribution is 5.97. The molecular formula is C24H31N7O7. The number of nitrogens with one attached hydrogen (secondary N) is 5. The fraction of sp³-hybridized carbons (Fsp3) is 0.417. The predicted molar refractivity (Wildman–Crippen MR) is 134 cm³/mol. The van der Waals surface area contributed by atoms with Crippen molar-refractivity contribution in [1.29, 1.82) is 0 Å². The zero-order valence-corrected chi connectivity index (χ0v) is 20.5. The van der Waals surface area contributed by atoms with Crippen molar-refractivity contribution in [2.24, 2.45) is 11.5 Å². The molecule has 14 nitrogen and oxygen atoms in total. The number of aromatic nitrogens is 1. The van der Waals surface area contributed by atoms with Crippen molar-refractivity contribution < 1.29 is 33.9 Å². The first kappa shape index (κ1) is 28.1. The Balaban J connectivity index is 1.82. The number of amides is 5. The Morgan fingerprint density at radius 1 is 0.921 bits per heavy atom. The molecule has 0 saturated carbocycles. The number of aromatic amines is 1. The van der Waals surface area contributed by atoms with Gasteiger partial charge in [0, 0.05) is 23.5 Å². The summed E-state index contributed by atoms with van der Waals surface area (Å²) in [5, 5.41) is 20.4. The molecule has 1 aromatic heterocycles. The van der Waals surface area contributed by atoms with Crippen LogP contribution in [0.3, 0.4) is 0 Å². The molecule has 38 heavy (non-hydrogen) atoms. The molecule has 0 bridgehead atoms. The quantitative estimate of drug-likeness (QED) is 0.141. The van der Waals surface area contributed by atoms with E-state index in [1.54, 1.807) is 6.20 Å². The number of aliphatic carboxylic acids is 1. The normalized spacial score (nSPS) is 17.2. The van der Waals surface area contributed by atoms with Crippen molar-refractivity contribution in [3.63, 3.8) is 0 Å². The number of carbonyl (C=O) groups is 6. The SMILES string of the molecule is NC(=O)CC(NC(=O)C(CC(N)=O)NC(=O)C(Cc1c[nH]c2ccccc12)NC(=O)C1CCCN1)C(=O)O. The number of carboxylic acids is 1. The average Bonchev–Trinajstić information content (AvgIpc) is 3.53. The van der Waals surface area contributed by atoms with Crippen LogP contribution in [0.2, 0.25) is 0 Å². The summed E-state index contributed by atoms with van der Waals surface area (Å²) in [4.78, 5) is 76.4. The van der Waals surface area contributed by atoms with E-state index in [2.05, 4.69) is 26.3 Å². The number of primary amides is 2. The summed E-state index contributed by atoms with van der Waals surface area (Å²) in [6, 6.07) is 2.50. The number of fused-ring (bicyclic) bond motifs is 1. The summed E-state index contributed by atoms with van der Waals surface area (Å²) >= 11 is 0. The first-order chi connectivity index (χ1) is 18.0. The molecule has 1 fully saturated rings. The van der Waals surface area contributed by atoms with Gasteiger partial charge >= 0.3 is 5.97 Å². The van der Waals surface area contributed by atoms with Gasteiger partial charge in [0.05, 0.1) is 18.9 Å². The highest BCUT2D eigenvalue weighted by Gasteiger charge is 2.33. The first-order valence-corrected chi connectivity index (χ1v) is 12.0. The van der Waals surface area contributed by atoms with Gasteiger partial charge in [0.1, 0.15) is 18.1 Å². The molecule has 0 spiro atoms. The minimum Gasteiger partial charge on any atom is -0.480 e. The Kier molecular flexibility index (Phi) is 9.38. The van der Waals surface area contributed by atoms with Crippen molar-refractivity contribution >= 4 is 46.4 Å². The first-order valence-electron chi connectivity index (χ1n) is 12.0. The van der Waals surface area contributed by atoms with Gasteiger partial charge in [-0.15, -0.1) is 0 Å². The molecule has 4 atom stereocenters. The van der Waals surface area contributed by atoms with Gasteiger partial charge in [-0.1, -0.05) is 18.2 Å². The standard InChI is InChI=1S/C24H31N7O7/c25-19(32)9-17(23(36)31-18(24(37)38)10-20(26)33)30-22(35)16(29-21(34)15-6-3-7-27-15)8-12-11-28-14-5-2-1-4-13(12)14/h1-2,4-5,11,15-18,27-28H,3,6-10H2,(H2,25,32)(H2,26,33)(H,29,34)(H,30,35)(H,31,36)(H,37,38). The second kappa shape index (κ2) is 12.7. The number of H-pyrrole nitrogens is 1. The Morgan fingerprint density at radius 2 is 1.55 bits per heavy atom. The lowest BCUT2D eigenvalue weighted by atomic mass is 10.0. The van der Waals surface area contributed by atoms with E-state index in [4.69, 9.17) is 11.5 Å². The molecule has 4 unspecified atom stereocenters. The fourth-order valence-electron chi connectivity index (χ4n) is 4.27. The van der Waals surface area contributed by atoms with Gasteiger partial charge in [0.2, 0.25) is 29.5 Å². The molecular weight excluding hydrogens is 498 g/mol. The summed E-state index contributed by atoms with van der Waals surface area (Å²) in [5.41, 5.74) is 11.8. The molecule has 204 valence electrons. The second-order valence-electron chi connectivity index (χ2n) is 9.08. The molecule has 1 aliphatic rings. The van der Waals surface area contributed by atoms with Crippen LogP contribution in [-0.2, 0) is 35.2 Å². The molecule has 0 radical (unpaired) electrons. The van der Waals surface area contributed by atoms with Crippen LogP contribution in [-0.4, -0.2) is 76.3 Å². The summed E-state index contributed by atoms with van der Waals surface area (Å²) < 4.78 is 0. The highest BCUT2D eigenvalue weighted by atomic mass is 16.4. The van der Waals surface area contributed by atoms with Crippen LogP contribution in [0, 0.1) is 0 Å². The van der Waals surface area contributed by atoms with E-state index in [1.807, 2.05) is 24.3 Å². The maximum Gasteiger partial charge on any atom is 0.326 e. The van der Waals surface area contributed by atoms with Gasteiger partial charge in [-0.25, -0.2) is 4.79 Å². The average molecular weight is 530 g/mol. The minimum absolute atomic E-state index is 0.0542. The Hall–Kier alpha value is -4.46. The van der Waals surface area contributed by atoms with E-state index in [1.165, 1.54) is 0 Å². The zero-order valence-electron chi connectivity index (χ0n) is 20.5. The molecule has 1 aliphatic heterocycles. The van der Waals surface area contributed by atoms with E-state index >= 15 is 0 Å². The number of nitrogens with two attached hydrogens (primary N) is 2. The number of para-hydroxylation sites is 1. The third kappa shape index (κ3) is 7.52. The van der Waals surface area contributed by atoms with Crippen LogP contribution in [0.25, 0.3) is 10.9 Å². The molecule has 0 aliphatic carbocycles. The summed E-state index contributed by atoms with van der Waals surface area (Å²) in [7, 11) is 0. The van der Waals surface area contributed by atoms with E-state index in [9.17, 15) is 33.9 Å². The van der Waals surface area contributed by atoms with E-state index in [-0.39, 0.29) is 6.42 Å². The zero-order chi connectivity index (χ0) is 27.8. The fourth-order valence-corrected chi connectivity index (χ4v) is 4.27. The summed E-state index contributed by atoms with van der Waals surface area (Å²) in [6.07, 6.45) is 1.80. The van der Waals surface area contributed by atoms with E-state index in [0.29, 0.717) is 13.0 Å². The maximum atomic E-state index is 13.4. The lowest BCUT2D eigenvalue weighted by molar-refractivity contribution is -0.144. The number of benzene rings is 1. The minimum atomic E-state index is -1.68. The largest absolute Gasteiger partial charge is 0.480 e. The Labute approximate surface area is 217 Å². The topological polar surface area (TPSA) is 239 Å². The molecule has 1 aromatic carbocycles. The molecule has 5 amide bonds. The third-order valence-electron chi connectivity index (χ3n) is 6.17. The Bertz CT molecular complexity index is 1220. The van der Waals surface area contributed by atoms with Crippen molar-refractivity contribution in [3.8, 4) is 0 Å². The van der Waals surface area contributed by atoms with Gasteiger partial charge in [-0.05, 0) is 31.0 Å². The van der Waals surface area contributed by atoms with Crippen molar-refractivity contribution in [3.05, 3.63) is 36.0 Å². The van der Waals surface area contributed by atoms with Crippen molar-refractivity contribution in [2.45, 2.75) is 56.3 Å². The molecule has 10 N–H and O–H groups in total. The van der Waals surface area contributed by atoms with Gasteiger partial charge in [0.15, 0.2) is 0 Å². The second-order valence-corrected chi connectivity index (χ2v) is 9.08. The lowest BCUT2D eigenvalue weighted by Gasteiger charge is -2.24. The van der Waals surface area contributed by atoms with Crippen molar-refractivity contribution in [2.75, 3.05) is 6.54 Å². The van der Waals surface area contributed by atoms with Gasteiger partial charge in [0.25, 0.3) is 0 Å². The van der Waals surface area contributed by atoms with Crippen molar-refractivity contribution in [1.82, 2.24) is 26.3 Å². The van der Waals surface area contributed by atoms with Crippen LogP contribution in [0.4, 0.5) is 0 Å². The van der Waals surface area contributed by atoms with Crippen LogP contribution in [0.5, 0.6) is 0 Å². The Morgan fingerprint density at radius 3 is 2.18 bits per heavy atom. The smallest absolute Gasteiger partial charge is 0.326 e.